The number of fused-ring (bicyclic) bond motifs is 1. The van der Waals surface area contributed by atoms with Crippen molar-refractivity contribution < 1.29 is 18.3 Å². The van der Waals surface area contributed by atoms with E-state index in [1.54, 1.807) is 4.90 Å². The second-order valence-corrected chi connectivity index (χ2v) is 10.6. The highest BCUT2D eigenvalue weighted by molar-refractivity contribution is 5.96. The molecule has 1 fully saturated rings. The number of hydrogen-bond donors (Lipinski definition) is 0. The van der Waals surface area contributed by atoms with Gasteiger partial charge in [-0.05, 0) is 43.7 Å². The Morgan fingerprint density at radius 1 is 0.974 bits per heavy atom. The number of halogens is 2. The van der Waals surface area contributed by atoms with Crippen LogP contribution in [0.5, 0.6) is 5.75 Å². The number of rotatable bonds is 7. The van der Waals surface area contributed by atoms with Crippen LogP contribution >= 0.6 is 0 Å². The van der Waals surface area contributed by atoms with E-state index in [-0.39, 0.29) is 54.7 Å². The SMILES string of the molecule is CC(C)N1CCn2c(C(c3ccccc3)C3CCC(F)(F)CC3)nc(=O)c(OCc3ccccc3)c2C1=O. The van der Waals surface area contributed by atoms with Crippen molar-refractivity contribution in [1.82, 2.24) is 14.5 Å². The predicted octanol–water partition coefficient (Wildman–Crippen LogP) is 5.64. The van der Waals surface area contributed by atoms with Gasteiger partial charge in [-0.2, -0.15) is 4.98 Å². The summed E-state index contributed by atoms with van der Waals surface area (Å²) in [6.07, 6.45) is 0.235. The van der Waals surface area contributed by atoms with Gasteiger partial charge in [-0.15, -0.1) is 0 Å². The number of hydrogen-bond acceptors (Lipinski definition) is 4. The Bertz CT molecular complexity index is 1330. The average molecular weight is 522 g/mol. The molecule has 0 radical (unpaired) electrons. The van der Waals surface area contributed by atoms with E-state index in [0.29, 0.717) is 31.8 Å². The van der Waals surface area contributed by atoms with Crippen LogP contribution in [0.4, 0.5) is 8.78 Å². The average Bonchev–Trinajstić information content (AvgIpc) is 2.90. The van der Waals surface area contributed by atoms with Gasteiger partial charge in [0.25, 0.3) is 5.91 Å². The summed E-state index contributed by atoms with van der Waals surface area (Å²) in [5, 5.41) is 0. The van der Waals surface area contributed by atoms with Crippen LogP contribution in [0.15, 0.2) is 65.5 Å². The summed E-state index contributed by atoms with van der Waals surface area (Å²) in [7, 11) is 0. The summed E-state index contributed by atoms with van der Waals surface area (Å²) in [6.45, 7) is 4.90. The third-order valence-electron chi connectivity index (χ3n) is 7.72. The molecule has 1 aromatic heterocycles. The standard InChI is InChI=1S/C30H33F2N3O3/c1-20(2)34-17-18-35-25(29(34)37)26(38-19-21-9-5-3-6-10-21)28(36)33-27(35)24(22-11-7-4-8-12-22)23-13-15-30(31,32)16-14-23/h3-12,20,23-24H,13-19H2,1-2H3. The summed E-state index contributed by atoms with van der Waals surface area (Å²) in [5.41, 5.74) is 1.35. The maximum absolute atomic E-state index is 14.1. The normalized spacial score (nSPS) is 18.3. The molecule has 38 heavy (non-hydrogen) atoms. The lowest BCUT2D eigenvalue weighted by atomic mass is 9.75. The molecule has 2 heterocycles. The quantitative estimate of drug-likeness (QED) is 0.404. The van der Waals surface area contributed by atoms with Crippen molar-refractivity contribution in [3.8, 4) is 5.75 Å². The second kappa shape index (κ2) is 10.7. The van der Waals surface area contributed by atoms with Crippen molar-refractivity contribution in [2.24, 2.45) is 5.92 Å². The molecular weight excluding hydrogens is 488 g/mol. The molecular formula is C30H33F2N3O3. The largest absolute Gasteiger partial charge is 0.481 e. The molecule has 1 amide bonds. The number of benzene rings is 2. The van der Waals surface area contributed by atoms with Gasteiger partial charge >= 0.3 is 5.56 Å². The highest BCUT2D eigenvalue weighted by atomic mass is 19.3. The first-order chi connectivity index (χ1) is 18.2. The monoisotopic (exact) mass is 521 g/mol. The van der Waals surface area contributed by atoms with E-state index in [0.717, 1.165) is 11.1 Å². The van der Waals surface area contributed by atoms with E-state index in [9.17, 15) is 18.4 Å². The molecule has 0 saturated heterocycles. The Kier molecular flexibility index (Phi) is 7.32. The number of alkyl halides is 2. The van der Waals surface area contributed by atoms with E-state index >= 15 is 0 Å². The fourth-order valence-corrected chi connectivity index (χ4v) is 5.72. The van der Waals surface area contributed by atoms with Crippen LogP contribution in [0.1, 0.15) is 72.9 Å². The zero-order valence-electron chi connectivity index (χ0n) is 21.8. The lowest BCUT2D eigenvalue weighted by Crippen LogP contribution is -2.47. The minimum absolute atomic E-state index is 0.0598. The zero-order valence-corrected chi connectivity index (χ0v) is 21.8. The Balaban J connectivity index is 1.63. The van der Waals surface area contributed by atoms with Crippen LogP contribution in [-0.2, 0) is 13.2 Å². The Morgan fingerprint density at radius 2 is 1.61 bits per heavy atom. The van der Waals surface area contributed by atoms with Gasteiger partial charge in [0.2, 0.25) is 11.7 Å². The number of ether oxygens (including phenoxy) is 1. The van der Waals surface area contributed by atoms with Crippen LogP contribution in [0.3, 0.4) is 0 Å². The van der Waals surface area contributed by atoms with Gasteiger partial charge in [0, 0.05) is 37.9 Å². The summed E-state index contributed by atoms with van der Waals surface area (Å²) >= 11 is 0. The summed E-state index contributed by atoms with van der Waals surface area (Å²) < 4.78 is 36.0. The lowest BCUT2D eigenvalue weighted by Gasteiger charge is -2.38. The first kappa shape index (κ1) is 26.1. The van der Waals surface area contributed by atoms with E-state index < -0.39 is 11.5 Å². The predicted molar refractivity (Wildman–Crippen MR) is 141 cm³/mol. The lowest BCUT2D eigenvalue weighted by molar-refractivity contribution is -0.0476. The fraction of sp³-hybridized carbons (Fsp3) is 0.433. The minimum Gasteiger partial charge on any atom is -0.481 e. The summed E-state index contributed by atoms with van der Waals surface area (Å²) in [5.74, 6) is -3.08. The van der Waals surface area contributed by atoms with Crippen LogP contribution in [0.2, 0.25) is 0 Å². The van der Waals surface area contributed by atoms with Crippen molar-refractivity contribution in [3.63, 3.8) is 0 Å². The topological polar surface area (TPSA) is 64.4 Å². The van der Waals surface area contributed by atoms with E-state index in [1.165, 1.54) is 0 Å². The van der Waals surface area contributed by atoms with Crippen molar-refractivity contribution >= 4 is 5.91 Å². The Hall–Kier alpha value is -3.55. The van der Waals surface area contributed by atoms with Crippen molar-refractivity contribution in [3.05, 3.63) is 93.7 Å². The maximum atomic E-state index is 14.1. The van der Waals surface area contributed by atoms with Crippen LogP contribution in [0.25, 0.3) is 0 Å². The molecule has 0 bridgehead atoms. The van der Waals surface area contributed by atoms with Gasteiger partial charge in [-0.1, -0.05) is 60.7 Å². The molecule has 2 aliphatic rings. The fourth-order valence-electron chi connectivity index (χ4n) is 5.72. The van der Waals surface area contributed by atoms with Crippen LogP contribution in [0, 0.1) is 5.92 Å². The van der Waals surface area contributed by atoms with Crippen molar-refractivity contribution in [2.75, 3.05) is 6.54 Å². The zero-order chi connectivity index (χ0) is 26.9. The van der Waals surface area contributed by atoms with Gasteiger partial charge < -0.3 is 14.2 Å². The third kappa shape index (κ3) is 5.22. The third-order valence-corrected chi connectivity index (χ3v) is 7.72. The highest BCUT2D eigenvalue weighted by Gasteiger charge is 2.41. The summed E-state index contributed by atoms with van der Waals surface area (Å²) in [4.78, 5) is 33.6. The molecule has 200 valence electrons. The molecule has 3 aromatic rings. The number of amides is 1. The Labute approximate surface area is 221 Å². The maximum Gasteiger partial charge on any atom is 0.316 e. The minimum atomic E-state index is -2.68. The van der Waals surface area contributed by atoms with Gasteiger partial charge in [-0.25, -0.2) is 8.78 Å². The van der Waals surface area contributed by atoms with Crippen molar-refractivity contribution in [1.29, 1.82) is 0 Å². The smallest absolute Gasteiger partial charge is 0.316 e. The van der Waals surface area contributed by atoms with Gasteiger partial charge in [0.05, 0.1) is 0 Å². The van der Waals surface area contributed by atoms with E-state index in [2.05, 4.69) is 4.98 Å². The molecule has 1 saturated carbocycles. The summed E-state index contributed by atoms with van der Waals surface area (Å²) in [6, 6.07) is 19.0. The first-order valence-corrected chi connectivity index (χ1v) is 13.3. The van der Waals surface area contributed by atoms with E-state index in [1.807, 2.05) is 79.1 Å². The Morgan fingerprint density at radius 3 is 2.24 bits per heavy atom. The van der Waals surface area contributed by atoms with Gasteiger partial charge in [0.15, 0.2) is 5.69 Å². The van der Waals surface area contributed by atoms with E-state index in [4.69, 9.17) is 4.74 Å². The molecule has 1 atom stereocenters. The molecule has 0 spiro atoms. The number of aromatic nitrogens is 2. The number of carbonyl (C=O) groups excluding carboxylic acids is 1. The number of carbonyl (C=O) groups is 1. The van der Waals surface area contributed by atoms with Crippen molar-refractivity contribution in [2.45, 2.75) is 70.6 Å². The molecule has 2 aromatic carbocycles. The molecule has 8 heteroatoms. The van der Waals surface area contributed by atoms with Gasteiger partial charge in [0.1, 0.15) is 12.4 Å². The first-order valence-electron chi connectivity index (χ1n) is 13.3. The van der Waals surface area contributed by atoms with Crippen LogP contribution in [-0.4, -0.2) is 38.9 Å². The second-order valence-electron chi connectivity index (χ2n) is 10.6. The molecule has 1 aliphatic carbocycles. The molecule has 1 unspecified atom stereocenters. The molecule has 0 N–H and O–H groups in total. The highest BCUT2D eigenvalue weighted by Crippen LogP contribution is 2.45. The molecule has 6 nitrogen and oxygen atoms in total. The van der Waals surface area contributed by atoms with Gasteiger partial charge in [-0.3, -0.25) is 9.59 Å². The molecule has 1 aliphatic heterocycles. The van der Waals surface area contributed by atoms with Crippen LogP contribution < -0.4 is 10.3 Å². The number of nitrogens with zero attached hydrogens (tertiary/aromatic N) is 3. The molecule has 5 rings (SSSR count).